The van der Waals surface area contributed by atoms with Gasteiger partial charge in [-0.05, 0) is 0 Å². The molecule has 0 aliphatic rings. The summed E-state index contributed by atoms with van der Waals surface area (Å²) in [5.41, 5.74) is 0. The maximum Gasteiger partial charge on any atom is 0.435 e. The van der Waals surface area contributed by atoms with Crippen LogP contribution in [0.2, 0.25) is 0 Å². The Morgan fingerprint density at radius 1 is 1.50 bits per heavy atom. The van der Waals surface area contributed by atoms with Gasteiger partial charge in [0.1, 0.15) is 0 Å². The molecule has 0 heterocycles. The maximum atomic E-state index is 9.56. The first-order chi connectivity index (χ1) is 3.18. The zero-order valence-electron chi connectivity index (χ0n) is 3.96. The zero-order valence-corrected chi connectivity index (χ0v) is 6.92. The van der Waals surface area contributed by atoms with E-state index in [1.807, 2.05) is 0 Å². The van der Waals surface area contributed by atoms with Crippen LogP contribution in [-0.4, -0.2) is 17.0 Å². The average molecular weight is 170 g/mol. The molecule has 5 nitrogen and oxygen atoms in total. The van der Waals surface area contributed by atoms with Crippen molar-refractivity contribution in [3.8, 4) is 0 Å². The molecule has 0 aromatic heterocycles. The molecule has 0 aliphatic carbocycles. The molecule has 0 saturated carbocycles. The van der Waals surface area contributed by atoms with Crippen LogP contribution in [0.5, 0.6) is 0 Å². The van der Waals surface area contributed by atoms with E-state index >= 15 is 0 Å². The van der Waals surface area contributed by atoms with Crippen LogP contribution in [0.3, 0.4) is 0 Å². The number of rotatable bonds is 0. The molecule has 42 valence electrons. The third kappa shape index (κ3) is 3.70. The van der Waals surface area contributed by atoms with Crippen LogP contribution >= 0.6 is 0 Å². The maximum absolute atomic E-state index is 9.56. The van der Waals surface area contributed by atoms with E-state index in [9.17, 15) is 9.59 Å². The number of carboxylic acids is 1. The SMILES string of the molecule is NOC(=O)C(=O)O.[Zn]. The number of hydrogen-bond acceptors (Lipinski definition) is 4. The second-order valence-corrected chi connectivity index (χ2v) is 0.710. The molecule has 0 radical (unpaired) electrons. The predicted molar refractivity (Wildman–Crippen MR) is 17.9 cm³/mol. The van der Waals surface area contributed by atoms with Crippen molar-refractivity contribution in [2.45, 2.75) is 0 Å². The van der Waals surface area contributed by atoms with Crippen molar-refractivity contribution < 1.29 is 39.0 Å². The summed E-state index contributed by atoms with van der Waals surface area (Å²) in [6, 6.07) is 0. The summed E-state index contributed by atoms with van der Waals surface area (Å²) in [7, 11) is 0. The Morgan fingerprint density at radius 3 is 1.88 bits per heavy atom. The van der Waals surface area contributed by atoms with Crippen molar-refractivity contribution in [2.24, 2.45) is 5.90 Å². The van der Waals surface area contributed by atoms with Crippen LogP contribution in [0.1, 0.15) is 0 Å². The first-order valence-corrected chi connectivity index (χ1v) is 1.32. The second kappa shape index (κ2) is 4.68. The molecule has 0 rings (SSSR count). The first kappa shape index (κ1) is 10.5. The molecule has 0 unspecified atom stereocenters. The monoisotopic (exact) mass is 169 g/mol. The first-order valence-electron chi connectivity index (χ1n) is 1.32. The van der Waals surface area contributed by atoms with E-state index in [0.29, 0.717) is 0 Å². The number of carbonyl (C=O) groups is 2. The van der Waals surface area contributed by atoms with Crippen LogP contribution in [0.15, 0.2) is 0 Å². The summed E-state index contributed by atoms with van der Waals surface area (Å²) >= 11 is 0. The Labute approximate surface area is 57.5 Å². The molecule has 6 heteroatoms. The van der Waals surface area contributed by atoms with Gasteiger partial charge < -0.3 is 9.94 Å². The molecule has 0 saturated heterocycles. The van der Waals surface area contributed by atoms with E-state index in [1.54, 1.807) is 0 Å². The van der Waals surface area contributed by atoms with Gasteiger partial charge in [-0.1, -0.05) is 0 Å². The van der Waals surface area contributed by atoms with Crippen LogP contribution in [0.4, 0.5) is 0 Å². The van der Waals surface area contributed by atoms with E-state index in [-0.39, 0.29) is 19.5 Å². The average Bonchev–Trinajstić information content (AvgIpc) is 1.65. The van der Waals surface area contributed by atoms with Crippen LogP contribution in [0, 0.1) is 0 Å². The fourth-order valence-electron chi connectivity index (χ4n) is 0.0504. The summed E-state index contributed by atoms with van der Waals surface area (Å²) in [4.78, 5) is 22.2. The predicted octanol–water partition coefficient (Wildman–Crippen LogP) is -1.51. The third-order valence-electron chi connectivity index (χ3n) is 0.282. The summed E-state index contributed by atoms with van der Waals surface area (Å²) in [5.74, 6) is 0.992. The minimum absolute atomic E-state index is 0. The Balaban J connectivity index is 0. The summed E-state index contributed by atoms with van der Waals surface area (Å²) in [6.07, 6.45) is 0. The van der Waals surface area contributed by atoms with Gasteiger partial charge in [0.25, 0.3) is 0 Å². The molecule has 3 N–H and O–H groups in total. The molecule has 0 aromatic rings. The van der Waals surface area contributed by atoms with Gasteiger partial charge in [-0.15, -0.1) is 0 Å². The standard InChI is InChI=1S/C2H3NO4.Zn/c3-7-2(6)1(4)5;/h3H2,(H,4,5);. The van der Waals surface area contributed by atoms with Crippen molar-refractivity contribution in [2.75, 3.05) is 0 Å². The molecule has 0 aromatic carbocycles. The topological polar surface area (TPSA) is 89.6 Å². The number of nitrogens with two attached hydrogens (primary N) is 1. The Bertz CT molecular complexity index is 102. The Kier molecular flexibility index (Phi) is 6.13. The van der Waals surface area contributed by atoms with E-state index < -0.39 is 11.9 Å². The third-order valence-corrected chi connectivity index (χ3v) is 0.282. The molecule has 0 aliphatic heterocycles. The largest absolute Gasteiger partial charge is 0.473 e. The van der Waals surface area contributed by atoms with Crippen molar-refractivity contribution >= 4 is 11.9 Å². The molecule has 0 fully saturated rings. The molecule has 0 amide bonds. The molecule has 8 heavy (non-hydrogen) atoms. The number of carbonyl (C=O) groups excluding carboxylic acids is 1. The van der Waals surface area contributed by atoms with Crippen LogP contribution < -0.4 is 5.90 Å². The fraction of sp³-hybridized carbons (Fsp3) is 0. The quantitative estimate of drug-likeness (QED) is 0.262. The molecule has 0 atom stereocenters. The van der Waals surface area contributed by atoms with Gasteiger partial charge in [0.15, 0.2) is 0 Å². The van der Waals surface area contributed by atoms with Gasteiger partial charge in [-0.25, -0.2) is 9.59 Å². The van der Waals surface area contributed by atoms with Gasteiger partial charge in [-0.3, -0.25) is 0 Å². The summed E-state index contributed by atoms with van der Waals surface area (Å²) < 4.78 is 0. The van der Waals surface area contributed by atoms with Gasteiger partial charge in [0.05, 0.1) is 0 Å². The normalized spacial score (nSPS) is 6.62. The van der Waals surface area contributed by atoms with Gasteiger partial charge in [-0.2, -0.15) is 5.90 Å². The van der Waals surface area contributed by atoms with Gasteiger partial charge >= 0.3 is 11.9 Å². The minimum Gasteiger partial charge on any atom is -0.473 e. The molecular formula is C2H3NO4Zn. The van der Waals surface area contributed by atoms with Gasteiger partial charge in [0, 0.05) is 19.5 Å². The van der Waals surface area contributed by atoms with E-state index in [2.05, 4.69) is 10.7 Å². The van der Waals surface area contributed by atoms with Crippen molar-refractivity contribution in [1.29, 1.82) is 0 Å². The van der Waals surface area contributed by atoms with Crippen molar-refractivity contribution in [1.82, 2.24) is 0 Å². The van der Waals surface area contributed by atoms with Crippen molar-refractivity contribution in [3.63, 3.8) is 0 Å². The van der Waals surface area contributed by atoms with Crippen LogP contribution in [0.25, 0.3) is 0 Å². The molecule has 0 spiro atoms. The van der Waals surface area contributed by atoms with E-state index in [0.717, 1.165) is 0 Å². The Hall–Kier alpha value is -0.477. The number of carboxylic acid groups (broad SMARTS) is 1. The summed E-state index contributed by atoms with van der Waals surface area (Å²) in [5, 5.41) is 7.63. The minimum atomic E-state index is -1.69. The second-order valence-electron chi connectivity index (χ2n) is 0.710. The zero-order chi connectivity index (χ0) is 5.86. The number of aliphatic carboxylic acids is 1. The Morgan fingerprint density at radius 2 is 1.88 bits per heavy atom. The van der Waals surface area contributed by atoms with E-state index in [1.165, 1.54) is 0 Å². The number of hydrogen-bond donors (Lipinski definition) is 2. The summed E-state index contributed by atoms with van der Waals surface area (Å²) in [6.45, 7) is 0. The smallest absolute Gasteiger partial charge is 0.435 e. The molecular weight excluding hydrogens is 167 g/mol. The fourth-order valence-corrected chi connectivity index (χ4v) is 0.0504. The molecule has 0 bridgehead atoms. The van der Waals surface area contributed by atoms with Crippen molar-refractivity contribution in [3.05, 3.63) is 0 Å². The van der Waals surface area contributed by atoms with E-state index in [4.69, 9.17) is 5.11 Å². The van der Waals surface area contributed by atoms with Crippen LogP contribution in [-0.2, 0) is 33.9 Å². The van der Waals surface area contributed by atoms with Gasteiger partial charge in [0.2, 0.25) is 0 Å².